The second-order valence-electron chi connectivity index (χ2n) is 7.90. The summed E-state index contributed by atoms with van der Waals surface area (Å²) < 4.78 is 0. The van der Waals surface area contributed by atoms with Gasteiger partial charge in [-0.15, -0.1) is 0 Å². The van der Waals surface area contributed by atoms with Crippen LogP contribution in [-0.2, 0) is 10.3 Å². The molecule has 2 atom stereocenters. The smallest absolute Gasteiger partial charge is 0.306 e. The van der Waals surface area contributed by atoms with Crippen molar-refractivity contribution in [2.24, 2.45) is 5.92 Å². The predicted molar refractivity (Wildman–Crippen MR) is 110 cm³/mol. The van der Waals surface area contributed by atoms with E-state index in [9.17, 15) is 9.90 Å². The highest BCUT2D eigenvalue weighted by Crippen LogP contribution is 2.51. The van der Waals surface area contributed by atoms with Gasteiger partial charge in [-0.05, 0) is 47.1 Å². The molecule has 140 valence electrons. The van der Waals surface area contributed by atoms with Crippen molar-refractivity contribution in [3.63, 3.8) is 0 Å². The number of nitrogens with one attached hydrogen (secondary N) is 1. The lowest BCUT2D eigenvalue weighted by atomic mass is 9.80. The minimum atomic E-state index is -0.676. The minimum Gasteiger partial charge on any atom is -0.481 e. The number of fused-ring (bicyclic) bond motifs is 3. The molecule has 1 saturated carbocycles. The van der Waals surface area contributed by atoms with E-state index in [0.717, 1.165) is 12.8 Å². The Morgan fingerprint density at radius 3 is 1.96 bits per heavy atom. The second kappa shape index (κ2) is 6.61. The summed E-state index contributed by atoms with van der Waals surface area (Å²) in [6, 6.07) is 27.9. The van der Waals surface area contributed by atoms with Crippen molar-refractivity contribution in [1.82, 2.24) is 5.32 Å². The Hall–Kier alpha value is -2.91. The molecular weight excluding hydrogens is 346 g/mol. The maximum atomic E-state index is 11.5. The molecule has 0 amide bonds. The van der Waals surface area contributed by atoms with Gasteiger partial charge in [0.2, 0.25) is 0 Å². The lowest BCUT2D eigenvalue weighted by Crippen LogP contribution is -2.48. The van der Waals surface area contributed by atoms with Gasteiger partial charge in [-0.2, -0.15) is 0 Å². The van der Waals surface area contributed by atoms with Crippen molar-refractivity contribution in [2.45, 2.75) is 30.8 Å². The van der Waals surface area contributed by atoms with E-state index in [4.69, 9.17) is 0 Å². The van der Waals surface area contributed by atoms with E-state index < -0.39 is 11.5 Å². The molecule has 0 saturated heterocycles. The highest BCUT2D eigenvalue weighted by molar-refractivity contribution is 5.83. The summed E-state index contributed by atoms with van der Waals surface area (Å²) in [4.78, 5) is 11.5. The molecule has 0 aliphatic heterocycles. The molecule has 0 heterocycles. The molecule has 0 radical (unpaired) electrons. The Morgan fingerprint density at radius 1 is 0.821 bits per heavy atom. The third-order valence-corrected chi connectivity index (χ3v) is 6.36. The van der Waals surface area contributed by atoms with Crippen LogP contribution in [0.25, 0.3) is 11.1 Å². The van der Waals surface area contributed by atoms with Crippen molar-refractivity contribution < 1.29 is 9.90 Å². The first-order valence-corrected chi connectivity index (χ1v) is 9.95. The molecule has 1 fully saturated rings. The lowest BCUT2D eigenvalue weighted by Gasteiger charge is -2.37. The van der Waals surface area contributed by atoms with E-state index in [1.165, 1.54) is 27.8 Å². The zero-order valence-corrected chi connectivity index (χ0v) is 15.6. The number of carbonyl (C=O) groups is 1. The summed E-state index contributed by atoms with van der Waals surface area (Å²) in [5.74, 6) is -0.928. The van der Waals surface area contributed by atoms with Gasteiger partial charge in [0.15, 0.2) is 0 Å². The third-order valence-electron chi connectivity index (χ3n) is 6.36. The fourth-order valence-electron chi connectivity index (χ4n) is 5.12. The Morgan fingerprint density at radius 2 is 1.39 bits per heavy atom. The molecule has 0 aromatic heterocycles. The number of aliphatic carboxylic acids is 1. The first-order valence-electron chi connectivity index (χ1n) is 9.95. The van der Waals surface area contributed by atoms with Crippen LogP contribution in [0.5, 0.6) is 0 Å². The number of rotatable bonds is 4. The number of carboxylic acids is 1. The van der Waals surface area contributed by atoms with E-state index in [1.807, 2.05) is 6.07 Å². The summed E-state index contributed by atoms with van der Waals surface area (Å²) in [7, 11) is 0. The molecule has 3 aromatic rings. The van der Waals surface area contributed by atoms with Crippen LogP contribution in [0.3, 0.4) is 0 Å². The predicted octanol–water partition coefficient (Wildman–Crippen LogP) is 4.80. The highest BCUT2D eigenvalue weighted by atomic mass is 16.4. The largest absolute Gasteiger partial charge is 0.481 e. The Bertz CT molecular complexity index is 982. The highest BCUT2D eigenvalue weighted by Gasteiger charge is 2.46. The SMILES string of the molecule is O=C(O)C1CC[C@H](NC2(c3ccccc3)c3ccccc3-c3ccccc32)C1. The van der Waals surface area contributed by atoms with E-state index >= 15 is 0 Å². The summed E-state index contributed by atoms with van der Waals surface area (Å²) in [5.41, 5.74) is 5.75. The maximum Gasteiger partial charge on any atom is 0.306 e. The average Bonchev–Trinajstić information content (AvgIpc) is 3.32. The summed E-state index contributed by atoms with van der Waals surface area (Å²) >= 11 is 0. The van der Waals surface area contributed by atoms with Gasteiger partial charge in [0.25, 0.3) is 0 Å². The van der Waals surface area contributed by atoms with Gasteiger partial charge >= 0.3 is 5.97 Å². The average molecular weight is 369 g/mol. The zero-order chi connectivity index (χ0) is 19.1. The van der Waals surface area contributed by atoms with Crippen molar-refractivity contribution in [3.05, 3.63) is 95.6 Å². The van der Waals surface area contributed by atoms with Crippen LogP contribution in [0.15, 0.2) is 78.9 Å². The number of hydrogen-bond donors (Lipinski definition) is 2. The molecule has 28 heavy (non-hydrogen) atoms. The maximum absolute atomic E-state index is 11.5. The number of carboxylic acid groups (broad SMARTS) is 1. The monoisotopic (exact) mass is 369 g/mol. The third kappa shape index (κ3) is 2.50. The summed E-state index contributed by atoms with van der Waals surface area (Å²) in [5, 5.41) is 13.4. The van der Waals surface area contributed by atoms with Crippen LogP contribution in [0.4, 0.5) is 0 Å². The van der Waals surface area contributed by atoms with Gasteiger partial charge in [0, 0.05) is 6.04 Å². The quantitative estimate of drug-likeness (QED) is 0.694. The summed E-state index contributed by atoms with van der Waals surface area (Å²) in [6.07, 6.45) is 2.30. The fraction of sp³-hybridized carbons (Fsp3) is 0.240. The standard InChI is InChI=1S/C25H23NO2/c27-24(28)17-14-15-19(16-17)26-25(18-8-2-1-3-9-18)22-12-6-4-10-20(22)21-11-5-7-13-23(21)25/h1-13,17,19,26H,14-16H2,(H,27,28)/t17?,19-/m0/s1. The van der Waals surface area contributed by atoms with Gasteiger partial charge in [-0.25, -0.2) is 0 Å². The topological polar surface area (TPSA) is 49.3 Å². The Kier molecular flexibility index (Phi) is 4.06. The molecule has 2 aliphatic carbocycles. The van der Waals surface area contributed by atoms with E-state index in [0.29, 0.717) is 6.42 Å². The summed E-state index contributed by atoms with van der Waals surface area (Å²) in [6.45, 7) is 0. The molecule has 0 spiro atoms. The van der Waals surface area contributed by atoms with Gasteiger partial charge in [-0.1, -0.05) is 78.9 Å². The molecule has 2 aliphatic rings. The van der Waals surface area contributed by atoms with Crippen LogP contribution >= 0.6 is 0 Å². The number of hydrogen-bond acceptors (Lipinski definition) is 2. The molecule has 0 bridgehead atoms. The first-order chi connectivity index (χ1) is 13.7. The van der Waals surface area contributed by atoms with Crippen molar-refractivity contribution in [3.8, 4) is 11.1 Å². The lowest BCUT2D eigenvalue weighted by molar-refractivity contribution is -0.141. The molecule has 1 unspecified atom stereocenters. The molecule has 3 aromatic carbocycles. The number of benzene rings is 3. The van der Waals surface area contributed by atoms with Gasteiger partial charge < -0.3 is 5.11 Å². The van der Waals surface area contributed by atoms with Crippen LogP contribution in [-0.4, -0.2) is 17.1 Å². The molecule has 3 heteroatoms. The Labute approximate surface area is 165 Å². The minimum absolute atomic E-state index is 0.167. The van der Waals surface area contributed by atoms with Crippen LogP contribution < -0.4 is 5.32 Å². The molecule has 5 rings (SSSR count). The van der Waals surface area contributed by atoms with Gasteiger partial charge in [-0.3, -0.25) is 10.1 Å². The van der Waals surface area contributed by atoms with Crippen molar-refractivity contribution in [2.75, 3.05) is 0 Å². The van der Waals surface area contributed by atoms with Crippen molar-refractivity contribution >= 4 is 5.97 Å². The van der Waals surface area contributed by atoms with Gasteiger partial charge in [0.1, 0.15) is 0 Å². The van der Waals surface area contributed by atoms with Crippen LogP contribution in [0.1, 0.15) is 36.0 Å². The van der Waals surface area contributed by atoms with Crippen molar-refractivity contribution in [1.29, 1.82) is 0 Å². The van der Waals surface area contributed by atoms with Crippen LogP contribution in [0, 0.1) is 5.92 Å². The Balaban J connectivity index is 1.69. The normalized spacial score (nSPS) is 21.9. The molecule has 3 nitrogen and oxygen atoms in total. The molecule has 2 N–H and O–H groups in total. The second-order valence-corrected chi connectivity index (χ2v) is 7.90. The van der Waals surface area contributed by atoms with E-state index in [1.54, 1.807) is 0 Å². The van der Waals surface area contributed by atoms with E-state index in [-0.39, 0.29) is 12.0 Å². The zero-order valence-electron chi connectivity index (χ0n) is 15.6. The first kappa shape index (κ1) is 17.2. The van der Waals surface area contributed by atoms with Crippen LogP contribution in [0.2, 0.25) is 0 Å². The van der Waals surface area contributed by atoms with E-state index in [2.05, 4.69) is 78.1 Å². The van der Waals surface area contributed by atoms with Gasteiger partial charge in [0.05, 0.1) is 11.5 Å². The molecular formula is C25H23NO2. The fourth-order valence-corrected chi connectivity index (χ4v) is 5.12.